The Morgan fingerprint density at radius 1 is 1.50 bits per heavy atom. The first-order chi connectivity index (χ1) is 9.32. The Bertz CT molecular complexity index is 576. The SMILES string of the molecule is N#Cc1ccc(C(F)(F)F)nc1NC(C(=O)O)C1CC1. The summed E-state index contributed by atoms with van der Waals surface area (Å²) in [7, 11) is 0. The number of nitrogens with zero attached hydrogens (tertiary/aromatic N) is 2. The lowest BCUT2D eigenvalue weighted by atomic mass is 10.1. The van der Waals surface area contributed by atoms with Crippen molar-refractivity contribution in [3.05, 3.63) is 23.4 Å². The van der Waals surface area contributed by atoms with Crippen molar-refractivity contribution in [2.75, 3.05) is 5.32 Å². The fraction of sp³-hybridized carbons (Fsp3) is 0.417. The standard InChI is InChI=1S/C12H10F3N3O2/c13-12(14,15)8-4-3-7(5-16)10(17-8)18-9(11(19)20)6-1-2-6/h3-4,6,9H,1-2H2,(H,17,18)(H,19,20). The second kappa shape index (κ2) is 5.00. The van der Waals surface area contributed by atoms with E-state index in [0.717, 1.165) is 6.07 Å². The van der Waals surface area contributed by atoms with Crippen LogP contribution in [0.5, 0.6) is 0 Å². The van der Waals surface area contributed by atoms with E-state index in [1.54, 1.807) is 6.07 Å². The summed E-state index contributed by atoms with van der Waals surface area (Å²) in [4.78, 5) is 14.4. The van der Waals surface area contributed by atoms with Gasteiger partial charge in [-0.3, -0.25) is 0 Å². The van der Waals surface area contributed by atoms with Crippen molar-refractivity contribution in [1.82, 2.24) is 4.98 Å². The molecule has 1 heterocycles. The number of aromatic nitrogens is 1. The monoisotopic (exact) mass is 285 g/mol. The summed E-state index contributed by atoms with van der Waals surface area (Å²) in [5.74, 6) is -1.66. The number of alkyl halides is 3. The minimum atomic E-state index is -4.65. The molecule has 0 amide bonds. The van der Waals surface area contributed by atoms with E-state index in [2.05, 4.69) is 10.3 Å². The molecule has 106 valence electrons. The first-order valence-electron chi connectivity index (χ1n) is 5.80. The molecule has 1 aliphatic rings. The summed E-state index contributed by atoms with van der Waals surface area (Å²) in [6.07, 6.45) is -3.28. The van der Waals surface area contributed by atoms with Gasteiger partial charge >= 0.3 is 12.1 Å². The van der Waals surface area contributed by atoms with Crippen molar-refractivity contribution in [2.24, 2.45) is 5.92 Å². The van der Waals surface area contributed by atoms with Gasteiger partial charge in [-0.2, -0.15) is 18.4 Å². The maximum Gasteiger partial charge on any atom is 0.433 e. The average Bonchev–Trinajstić information content (AvgIpc) is 3.18. The predicted molar refractivity (Wildman–Crippen MR) is 61.7 cm³/mol. The summed E-state index contributed by atoms with van der Waals surface area (Å²) in [6, 6.07) is 2.33. The van der Waals surface area contributed by atoms with E-state index in [-0.39, 0.29) is 17.3 Å². The van der Waals surface area contributed by atoms with Crippen molar-refractivity contribution in [3.8, 4) is 6.07 Å². The highest BCUT2D eigenvalue weighted by molar-refractivity contribution is 5.78. The van der Waals surface area contributed by atoms with Crippen molar-refractivity contribution in [2.45, 2.75) is 25.1 Å². The summed E-state index contributed by atoms with van der Waals surface area (Å²) in [5, 5.41) is 20.3. The molecule has 8 heteroatoms. The molecule has 1 atom stereocenters. The van der Waals surface area contributed by atoms with Crippen LogP contribution in [0, 0.1) is 17.2 Å². The summed E-state index contributed by atoms with van der Waals surface area (Å²) in [6.45, 7) is 0. The molecule has 1 aromatic rings. The van der Waals surface area contributed by atoms with E-state index >= 15 is 0 Å². The Kier molecular flexibility index (Phi) is 3.53. The highest BCUT2D eigenvalue weighted by atomic mass is 19.4. The fourth-order valence-corrected chi connectivity index (χ4v) is 1.78. The van der Waals surface area contributed by atoms with E-state index in [4.69, 9.17) is 10.4 Å². The molecule has 0 aliphatic heterocycles. The molecule has 5 nitrogen and oxygen atoms in total. The molecule has 0 aromatic carbocycles. The number of carbonyl (C=O) groups is 1. The third kappa shape index (κ3) is 2.99. The smallest absolute Gasteiger partial charge is 0.433 e. The van der Waals surface area contributed by atoms with Gasteiger partial charge in [0.25, 0.3) is 0 Å². The molecule has 1 saturated carbocycles. The van der Waals surface area contributed by atoms with Crippen molar-refractivity contribution >= 4 is 11.8 Å². The lowest BCUT2D eigenvalue weighted by Crippen LogP contribution is -2.32. The first kappa shape index (κ1) is 14.1. The first-order valence-corrected chi connectivity index (χ1v) is 5.80. The number of anilines is 1. The topological polar surface area (TPSA) is 86.0 Å². The lowest BCUT2D eigenvalue weighted by molar-refractivity contribution is -0.141. The Hall–Kier alpha value is -2.30. The van der Waals surface area contributed by atoms with Crippen molar-refractivity contribution in [1.29, 1.82) is 5.26 Å². The number of aliphatic carboxylic acids is 1. The third-order valence-corrected chi connectivity index (χ3v) is 2.96. The van der Waals surface area contributed by atoms with Crippen LogP contribution in [0.2, 0.25) is 0 Å². The van der Waals surface area contributed by atoms with Crippen molar-refractivity contribution in [3.63, 3.8) is 0 Å². The van der Waals surface area contributed by atoms with E-state index < -0.39 is 23.9 Å². The molecule has 1 aliphatic carbocycles. The second-order valence-electron chi connectivity index (χ2n) is 4.50. The van der Waals surface area contributed by atoms with Crippen LogP contribution in [-0.2, 0) is 11.0 Å². The van der Waals surface area contributed by atoms with Crippen LogP contribution >= 0.6 is 0 Å². The second-order valence-corrected chi connectivity index (χ2v) is 4.50. The van der Waals surface area contributed by atoms with Crippen LogP contribution < -0.4 is 5.32 Å². The van der Waals surface area contributed by atoms with Gasteiger partial charge in [-0.05, 0) is 30.9 Å². The molecule has 2 N–H and O–H groups in total. The van der Waals surface area contributed by atoms with Gasteiger partial charge in [0.15, 0.2) is 0 Å². The normalized spacial score (nSPS) is 16.3. The Morgan fingerprint density at radius 3 is 2.60 bits per heavy atom. The summed E-state index contributed by atoms with van der Waals surface area (Å²) >= 11 is 0. The number of nitriles is 1. The highest BCUT2D eigenvalue weighted by Crippen LogP contribution is 2.35. The number of hydrogen-bond acceptors (Lipinski definition) is 4. The molecule has 0 radical (unpaired) electrons. The van der Waals surface area contributed by atoms with Crippen LogP contribution in [0.3, 0.4) is 0 Å². The number of rotatable bonds is 4. The van der Waals surface area contributed by atoms with Gasteiger partial charge in [0.05, 0.1) is 5.56 Å². The zero-order chi connectivity index (χ0) is 14.9. The number of carboxylic acid groups (broad SMARTS) is 1. The van der Waals surface area contributed by atoms with E-state index in [1.807, 2.05) is 0 Å². The molecular formula is C12H10F3N3O2. The fourth-order valence-electron chi connectivity index (χ4n) is 1.78. The lowest BCUT2D eigenvalue weighted by Gasteiger charge is -2.16. The van der Waals surface area contributed by atoms with Gasteiger partial charge in [0, 0.05) is 0 Å². The number of halogens is 3. The molecule has 20 heavy (non-hydrogen) atoms. The molecule has 1 unspecified atom stereocenters. The summed E-state index contributed by atoms with van der Waals surface area (Å²) < 4.78 is 37.7. The van der Waals surface area contributed by atoms with Gasteiger partial charge < -0.3 is 10.4 Å². The summed E-state index contributed by atoms with van der Waals surface area (Å²) in [5.41, 5.74) is -1.29. The minimum Gasteiger partial charge on any atom is -0.480 e. The van der Waals surface area contributed by atoms with Gasteiger partial charge in [-0.25, -0.2) is 9.78 Å². The van der Waals surface area contributed by atoms with Gasteiger partial charge in [0.1, 0.15) is 23.6 Å². The number of nitrogens with one attached hydrogen (secondary N) is 1. The van der Waals surface area contributed by atoms with Crippen LogP contribution in [0.4, 0.5) is 19.0 Å². The van der Waals surface area contributed by atoms with Crippen LogP contribution in [0.25, 0.3) is 0 Å². The maximum atomic E-state index is 12.6. The Morgan fingerprint density at radius 2 is 2.15 bits per heavy atom. The molecule has 2 rings (SSSR count). The molecule has 1 aromatic heterocycles. The van der Waals surface area contributed by atoms with Crippen LogP contribution in [-0.4, -0.2) is 22.1 Å². The molecule has 0 saturated heterocycles. The largest absolute Gasteiger partial charge is 0.480 e. The van der Waals surface area contributed by atoms with E-state index in [0.29, 0.717) is 18.9 Å². The minimum absolute atomic E-state index is 0.120. The Balaban J connectivity index is 2.33. The highest BCUT2D eigenvalue weighted by Gasteiger charge is 2.38. The number of hydrogen-bond donors (Lipinski definition) is 2. The quantitative estimate of drug-likeness (QED) is 0.886. The number of pyridine rings is 1. The molecular weight excluding hydrogens is 275 g/mol. The zero-order valence-electron chi connectivity index (χ0n) is 10.1. The third-order valence-electron chi connectivity index (χ3n) is 2.96. The molecule has 0 spiro atoms. The van der Waals surface area contributed by atoms with Crippen molar-refractivity contribution < 1.29 is 23.1 Å². The maximum absolute atomic E-state index is 12.6. The average molecular weight is 285 g/mol. The van der Waals surface area contributed by atoms with E-state index in [9.17, 15) is 18.0 Å². The Labute approximate surface area is 112 Å². The predicted octanol–water partition coefficient (Wildman–Crippen LogP) is 2.25. The molecule has 0 bridgehead atoms. The van der Waals surface area contributed by atoms with Gasteiger partial charge in [-0.15, -0.1) is 0 Å². The van der Waals surface area contributed by atoms with E-state index in [1.165, 1.54) is 0 Å². The molecule has 1 fully saturated rings. The van der Waals surface area contributed by atoms with Gasteiger partial charge in [0.2, 0.25) is 0 Å². The van der Waals surface area contributed by atoms with Crippen LogP contribution in [0.15, 0.2) is 12.1 Å². The van der Waals surface area contributed by atoms with Crippen LogP contribution in [0.1, 0.15) is 24.1 Å². The van der Waals surface area contributed by atoms with Gasteiger partial charge in [-0.1, -0.05) is 0 Å². The zero-order valence-corrected chi connectivity index (χ0v) is 10.1. The number of carboxylic acids is 1.